The van der Waals surface area contributed by atoms with Gasteiger partial charge < -0.3 is 10.2 Å². The molecule has 10 heteroatoms. The highest BCUT2D eigenvalue weighted by atomic mass is 32.2. The molecule has 1 fully saturated rings. The quantitative estimate of drug-likeness (QED) is 0.817. The molecule has 2 heterocycles. The molecule has 0 spiro atoms. The minimum atomic E-state index is -4.29. The SMILES string of the molecule is O=S1(=O)N(CCN2CCCNCC2)c2ccccc2N1c1c(F)cc(F)cc1F. The smallest absolute Gasteiger partial charge is 0.315 e. The molecule has 0 bridgehead atoms. The molecular formula is C19H21F3N4O2S. The van der Waals surface area contributed by atoms with E-state index >= 15 is 0 Å². The molecule has 0 aromatic heterocycles. The number of halogens is 3. The van der Waals surface area contributed by atoms with Crippen LogP contribution in [0, 0.1) is 17.5 Å². The summed E-state index contributed by atoms with van der Waals surface area (Å²) in [5.41, 5.74) is -0.335. The predicted octanol–water partition coefficient (Wildman–Crippen LogP) is 2.60. The van der Waals surface area contributed by atoms with Gasteiger partial charge in [-0.1, -0.05) is 12.1 Å². The molecule has 156 valence electrons. The number of hydrogen-bond donors (Lipinski definition) is 1. The lowest BCUT2D eigenvalue weighted by Gasteiger charge is -2.25. The number of rotatable bonds is 4. The zero-order valence-electron chi connectivity index (χ0n) is 15.6. The lowest BCUT2D eigenvalue weighted by molar-refractivity contribution is 0.301. The van der Waals surface area contributed by atoms with Gasteiger partial charge >= 0.3 is 10.2 Å². The summed E-state index contributed by atoms with van der Waals surface area (Å²) in [6.07, 6.45) is 0.960. The number of para-hydroxylation sites is 2. The Hall–Kier alpha value is -2.30. The Morgan fingerprint density at radius 2 is 1.62 bits per heavy atom. The molecule has 4 rings (SSSR count). The van der Waals surface area contributed by atoms with Crippen molar-refractivity contribution >= 4 is 27.3 Å². The van der Waals surface area contributed by atoms with Gasteiger partial charge in [0.05, 0.1) is 11.4 Å². The molecular weight excluding hydrogens is 405 g/mol. The van der Waals surface area contributed by atoms with E-state index in [1.54, 1.807) is 18.2 Å². The standard InChI is InChI=1S/C19H21F3N4O2S/c20-14-12-15(21)19(16(22)13-14)26-18-5-2-1-4-17(18)25(29(26,27)28)11-10-24-8-3-6-23-7-9-24/h1-2,4-5,12-13,23H,3,6-11H2. The van der Waals surface area contributed by atoms with E-state index in [0.29, 0.717) is 28.7 Å². The van der Waals surface area contributed by atoms with Crippen LogP contribution in [-0.4, -0.2) is 52.6 Å². The van der Waals surface area contributed by atoms with Crippen LogP contribution in [0.3, 0.4) is 0 Å². The summed E-state index contributed by atoms with van der Waals surface area (Å²) in [7, 11) is -4.29. The van der Waals surface area contributed by atoms with Crippen molar-refractivity contribution in [3.63, 3.8) is 0 Å². The summed E-state index contributed by atoms with van der Waals surface area (Å²) in [5, 5.41) is 3.29. The Bertz CT molecular complexity index is 987. The van der Waals surface area contributed by atoms with Crippen LogP contribution >= 0.6 is 0 Å². The van der Waals surface area contributed by atoms with E-state index in [0.717, 1.165) is 36.9 Å². The fourth-order valence-electron chi connectivity index (χ4n) is 3.75. The first kappa shape index (κ1) is 20.0. The maximum atomic E-state index is 14.4. The second-order valence-corrected chi connectivity index (χ2v) is 8.70. The normalized spacial score (nSPS) is 19.3. The molecule has 6 nitrogen and oxygen atoms in total. The Labute approximate surface area is 167 Å². The van der Waals surface area contributed by atoms with E-state index < -0.39 is 33.3 Å². The Morgan fingerprint density at radius 3 is 2.34 bits per heavy atom. The van der Waals surface area contributed by atoms with Crippen molar-refractivity contribution in [2.24, 2.45) is 0 Å². The number of hydrogen-bond acceptors (Lipinski definition) is 4. The summed E-state index contributed by atoms with van der Waals surface area (Å²) in [6, 6.07) is 7.27. The molecule has 2 aliphatic heterocycles. The molecule has 0 atom stereocenters. The van der Waals surface area contributed by atoms with Crippen LogP contribution in [0.4, 0.5) is 30.2 Å². The third-order valence-corrected chi connectivity index (χ3v) is 6.89. The first-order valence-corrected chi connectivity index (χ1v) is 10.8. The molecule has 1 N–H and O–H groups in total. The molecule has 2 aromatic rings. The van der Waals surface area contributed by atoms with Crippen molar-refractivity contribution in [1.29, 1.82) is 0 Å². The average molecular weight is 426 g/mol. The van der Waals surface area contributed by atoms with Gasteiger partial charge in [-0.15, -0.1) is 0 Å². The van der Waals surface area contributed by atoms with Crippen molar-refractivity contribution in [2.45, 2.75) is 6.42 Å². The van der Waals surface area contributed by atoms with E-state index in [-0.39, 0.29) is 12.2 Å². The third-order valence-electron chi connectivity index (χ3n) is 5.12. The molecule has 0 unspecified atom stereocenters. The fraction of sp³-hybridized carbons (Fsp3) is 0.368. The Morgan fingerprint density at radius 1 is 0.931 bits per heavy atom. The lowest BCUT2D eigenvalue weighted by Crippen LogP contribution is -2.41. The van der Waals surface area contributed by atoms with E-state index in [2.05, 4.69) is 10.2 Å². The van der Waals surface area contributed by atoms with E-state index in [1.165, 1.54) is 6.07 Å². The van der Waals surface area contributed by atoms with E-state index in [1.807, 2.05) is 0 Å². The molecule has 1 saturated heterocycles. The molecule has 0 aliphatic carbocycles. The fourth-order valence-corrected chi connectivity index (χ4v) is 5.47. The van der Waals surface area contributed by atoms with Crippen LogP contribution < -0.4 is 13.9 Å². The zero-order chi connectivity index (χ0) is 20.6. The monoisotopic (exact) mass is 426 g/mol. The maximum absolute atomic E-state index is 14.4. The van der Waals surface area contributed by atoms with Gasteiger partial charge in [-0.05, 0) is 31.6 Å². The largest absolute Gasteiger partial charge is 0.331 e. The van der Waals surface area contributed by atoms with E-state index in [4.69, 9.17) is 0 Å². The molecule has 0 amide bonds. The number of benzene rings is 2. The van der Waals surface area contributed by atoms with Crippen molar-refractivity contribution in [3.8, 4) is 0 Å². The Kier molecular flexibility index (Phi) is 5.41. The lowest BCUT2D eigenvalue weighted by atomic mass is 10.2. The summed E-state index contributed by atoms with van der Waals surface area (Å²) >= 11 is 0. The summed E-state index contributed by atoms with van der Waals surface area (Å²) in [5.74, 6) is -3.66. The number of nitrogens with one attached hydrogen (secondary N) is 1. The Balaban J connectivity index is 1.70. The van der Waals surface area contributed by atoms with Gasteiger partial charge in [0, 0.05) is 38.3 Å². The third kappa shape index (κ3) is 3.67. The predicted molar refractivity (Wildman–Crippen MR) is 105 cm³/mol. The van der Waals surface area contributed by atoms with Crippen molar-refractivity contribution in [2.75, 3.05) is 47.9 Å². The second kappa shape index (κ2) is 7.85. The van der Waals surface area contributed by atoms with Gasteiger partial charge in [-0.25, -0.2) is 21.8 Å². The topological polar surface area (TPSA) is 55.9 Å². The van der Waals surface area contributed by atoms with Crippen molar-refractivity contribution in [1.82, 2.24) is 10.2 Å². The van der Waals surface area contributed by atoms with Gasteiger partial charge in [0.1, 0.15) is 11.5 Å². The summed E-state index contributed by atoms with van der Waals surface area (Å²) < 4.78 is 70.5. The van der Waals surface area contributed by atoms with Gasteiger partial charge in [-0.3, -0.25) is 0 Å². The van der Waals surface area contributed by atoms with Crippen LogP contribution in [0.2, 0.25) is 0 Å². The van der Waals surface area contributed by atoms with Crippen LogP contribution in [0.1, 0.15) is 6.42 Å². The second-order valence-electron chi connectivity index (χ2n) is 7.00. The van der Waals surface area contributed by atoms with Gasteiger partial charge in [0.25, 0.3) is 0 Å². The maximum Gasteiger partial charge on any atom is 0.331 e. The van der Waals surface area contributed by atoms with E-state index in [9.17, 15) is 21.6 Å². The van der Waals surface area contributed by atoms with Crippen molar-refractivity contribution in [3.05, 3.63) is 53.8 Å². The van der Waals surface area contributed by atoms with Crippen LogP contribution in [0.5, 0.6) is 0 Å². The molecule has 2 aromatic carbocycles. The highest BCUT2D eigenvalue weighted by molar-refractivity contribution is 7.95. The first-order valence-electron chi connectivity index (χ1n) is 9.39. The minimum Gasteiger partial charge on any atom is -0.315 e. The zero-order valence-corrected chi connectivity index (χ0v) is 16.4. The van der Waals surface area contributed by atoms with Gasteiger partial charge in [0.15, 0.2) is 11.6 Å². The highest BCUT2D eigenvalue weighted by Crippen LogP contribution is 2.46. The number of fused-ring (bicyclic) bond motifs is 1. The molecule has 29 heavy (non-hydrogen) atoms. The minimum absolute atomic E-state index is 0.134. The summed E-state index contributed by atoms with van der Waals surface area (Å²) in [4.78, 5) is 2.15. The van der Waals surface area contributed by atoms with Gasteiger partial charge in [0.2, 0.25) is 0 Å². The van der Waals surface area contributed by atoms with Crippen LogP contribution in [0.15, 0.2) is 36.4 Å². The number of anilines is 3. The highest BCUT2D eigenvalue weighted by Gasteiger charge is 2.43. The number of nitrogens with zero attached hydrogens (tertiary/aromatic N) is 3. The molecule has 2 aliphatic rings. The van der Waals surface area contributed by atoms with Crippen LogP contribution in [-0.2, 0) is 10.2 Å². The first-order chi connectivity index (χ1) is 13.9. The molecule has 0 saturated carbocycles. The average Bonchev–Trinajstić information content (AvgIpc) is 2.83. The van der Waals surface area contributed by atoms with Crippen LogP contribution in [0.25, 0.3) is 0 Å². The van der Waals surface area contributed by atoms with Gasteiger partial charge in [-0.2, -0.15) is 8.42 Å². The summed E-state index contributed by atoms with van der Waals surface area (Å²) in [6.45, 7) is 3.99. The van der Waals surface area contributed by atoms with Crippen molar-refractivity contribution < 1.29 is 21.6 Å². The molecule has 0 radical (unpaired) electrons.